The lowest BCUT2D eigenvalue weighted by atomic mass is 10.0. The summed E-state index contributed by atoms with van der Waals surface area (Å²) in [4.78, 5) is 18.0. The zero-order valence-corrected chi connectivity index (χ0v) is 19.2. The van der Waals surface area contributed by atoms with Gasteiger partial charge in [0, 0.05) is 37.1 Å². The number of nitrogens with one attached hydrogen (secondary N) is 2. The summed E-state index contributed by atoms with van der Waals surface area (Å²) in [6.45, 7) is 8.37. The number of piperazine rings is 1. The third-order valence-corrected chi connectivity index (χ3v) is 6.68. The van der Waals surface area contributed by atoms with E-state index in [1.165, 1.54) is 16.8 Å². The molecule has 33 heavy (non-hydrogen) atoms. The molecule has 0 aliphatic carbocycles. The number of aromatic amines is 2. The van der Waals surface area contributed by atoms with Gasteiger partial charge in [0.25, 0.3) is 0 Å². The van der Waals surface area contributed by atoms with Crippen LogP contribution >= 0.6 is 0 Å². The van der Waals surface area contributed by atoms with Crippen LogP contribution in [0.3, 0.4) is 0 Å². The Bertz CT molecular complexity index is 1470. The summed E-state index contributed by atoms with van der Waals surface area (Å²) in [6.07, 6.45) is 1.86. The maximum absolute atomic E-state index is 5.02. The number of hydrogen-bond donors (Lipinski definition) is 2. The summed E-state index contributed by atoms with van der Waals surface area (Å²) in [5.41, 5.74) is 9.45. The maximum Gasteiger partial charge on any atom is 0.159 e. The van der Waals surface area contributed by atoms with Gasteiger partial charge in [-0.2, -0.15) is 5.10 Å². The molecule has 1 aliphatic heterocycles. The lowest BCUT2D eigenvalue weighted by Crippen LogP contribution is -2.44. The van der Waals surface area contributed by atoms with Gasteiger partial charge in [-0.05, 0) is 50.7 Å². The molecule has 0 spiro atoms. The van der Waals surface area contributed by atoms with E-state index in [1.54, 1.807) is 0 Å². The molecular formula is C26H27N7. The minimum absolute atomic E-state index is 0.774. The largest absolute Gasteiger partial charge is 0.367 e. The Morgan fingerprint density at radius 3 is 2.64 bits per heavy atom. The molecule has 7 heteroatoms. The van der Waals surface area contributed by atoms with Crippen molar-refractivity contribution in [1.29, 1.82) is 0 Å². The number of imidazole rings is 1. The Morgan fingerprint density at radius 2 is 1.79 bits per heavy atom. The SMILES string of the molecule is Cc1ccc(C)c(-c2cc3c(-c4nc5c(N6CCN(C)CC6)cccc5[nH]4)n[nH]c3cn2)c1. The second-order valence-electron chi connectivity index (χ2n) is 9.05. The third-order valence-electron chi connectivity index (χ3n) is 6.68. The summed E-state index contributed by atoms with van der Waals surface area (Å²) >= 11 is 0. The van der Waals surface area contributed by atoms with Gasteiger partial charge in [0.05, 0.1) is 28.6 Å². The van der Waals surface area contributed by atoms with E-state index in [-0.39, 0.29) is 0 Å². The molecule has 2 aromatic carbocycles. The summed E-state index contributed by atoms with van der Waals surface area (Å²) in [7, 11) is 2.18. The monoisotopic (exact) mass is 437 g/mol. The molecule has 0 bridgehead atoms. The van der Waals surface area contributed by atoms with Gasteiger partial charge in [-0.15, -0.1) is 0 Å². The first-order valence-corrected chi connectivity index (χ1v) is 11.4. The lowest BCUT2D eigenvalue weighted by Gasteiger charge is -2.34. The molecular weight excluding hydrogens is 410 g/mol. The van der Waals surface area contributed by atoms with Crippen molar-refractivity contribution in [2.45, 2.75) is 13.8 Å². The highest BCUT2D eigenvalue weighted by Gasteiger charge is 2.20. The van der Waals surface area contributed by atoms with Crippen molar-refractivity contribution in [3.63, 3.8) is 0 Å². The Balaban J connectivity index is 1.45. The quantitative estimate of drug-likeness (QED) is 0.433. The van der Waals surface area contributed by atoms with E-state index < -0.39 is 0 Å². The topological polar surface area (TPSA) is 76.7 Å². The van der Waals surface area contributed by atoms with Gasteiger partial charge in [-0.3, -0.25) is 10.1 Å². The van der Waals surface area contributed by atoms with Crippen molar-refractivity contribution < 1.29 is 0 Å². The first-order chi connectivity index (χ1) is 16.1. The molecule has 166 valence electrons. The summed E-state index contributed by atoms with van der Waals surface area (Å²) in [5.74, 6) is 0.774. The minimum atomic E-state index is 0.774. The molecule has 3 aromatic heterocycles. The molecule has 0 amide bonds. The van der Waals surface area contributed by atoms with Crippen LogP contribution in [0.5, 0.6) is 0 Å². The zero-order valence-electron chi connectivity index (χ0n) is 19.2. The summed E-state index contributed by atoms with van der Waals surface area (Å²) < 4.78 is 0. The third kappa shape index (κ3) is 3.45. The molecule has 1 fully saturated rings. The molecule has 0 radical (unpaired) electrons. The Kier molecular flexibility index (Phi) is 4.66. The fourth-order valence-corrected chi connectivity index (χ4v) is 4.69. The van der Waals surface area contributed by atoms with Crippen molar-refractivity contribution in [2.24, 2.45) is 0 Å². The fraction of sp³-hybridized carbons (Fsp3) is 0.269. The number of pyridine rings is 1. The molecule has 0 atom stereocenters. The van der Waals surface area contributed by atoms with Crippen LogP contribution in [0.2, 0.25) is 0 Å². The van der Waals surface area contributed by atoms with Crippen LogP contribution in [0, 0.1) is 13.8 Å². The molecule has 1 saturated heterocycles. The lowest BCUT2D eigenvalue weighted by molar-refractivity contribution is 0.313. The Morgan fingerprint density at radius 1 is 0.939 bits per heavy atom. The smallest absolute Gasteiger partial charge is 0.159 e. The van der Waals surface area contributed by atoms with Crippen molar-refractivity contribution in [1.82, 2.24) is 30.0 Å². The standard InChI is InChI=1S/C26H27N7/c1-16-7-8-17(2)18(13-16)21-14-19-22(15-27-21)30-31-24(19)26-28-20-5-4-6-23(25(20)29-26)33-11-9-32(3)10-12-33/h4-8,13-15H,9-12H2,1-3H3,(H,28,29)(H,30,31). The summed E-state index contributed by atoms with van der Waals surface area (Å²) in [6, 6.07) is 14.9. The van der Waals surface area contributed by atoms with Crippen molar-refractivity contribution in [3.8, 4) is 22.8 Å². The minimum Gasteiger partial charge on any atom is -0.367 e. The number of aryl methyl sites for hydroxylation is 2. The van der Waals surface area contributed by atoms with Gasteiger partial charge in [-0.1, -0.05) is 23.8 Å². The summed E-state index contributed by atoms with van der Waals surface area (Å²) in [5, 5.41) is 8.75. The number of anilines is 1. The molecule has 1 aliphatic rings. The van der Waals surface area contributed by atoms with E-state index in [4.69, 9.17) is 9.97 Å². The maximum atomic E-state index is 5.02. The van der Waals surface area contributed by atoms with Crippen LogP contribution in [0.4, 0.5) is 5.69 Å². The van der Waals surface area contributed by atoms with Gasteiger partial charge in [0.15, 0.2) is 5.82 Å². The van der Waals surface area contributed by atoms with E-state index in [1.807, 2.05) is 6.20 Å². The van der Waals surface area contributed by atoms with Crippen molar-refractivity contribution in [3.05, 3.63) is 59.8 Å². The molecule has 4 heterocycles. The van der Waals surface area contributed by atoms with Crippen LogP contribution in [0.25, 0.3) is 44.7 Å². The highest BCUT2D eigenvalue weighted by Crippen LogP contribution is 2.33. The Labute approximate surface area is 192 Å². The normalized spacial score (nSPS) is 15.1. The Hall–Kier alpha value is -3.71. The van der Waals surface area contributed by atoms with E-state index >= 15 is 0 Å². The average Bonchev–Trinajstić information content (AvgIpc) is 3.44. The predicted octanol–water partition coefficient (Wildman–Crippen LogP) is 4.54. The number of para-hydroxylation sites is 1. The number of rotatable bonds is 3. The molecule has 2 N–H and O–H groups in total. The van der Waals surface area contributed by atoms with Crippen LogP contribution in [-0.2, 0) is 0 Å². The molecule has 0 saturated carbocycles. The average molecular weight is 438 g/mol. The number of fused-ring (bicyclic) bond motifs is 2. The van der Waals surface area contributed by atoms with Gasteiger partial charge in [0.2, 0.25) is 0 Å². The number of nitrogens with zero attached hydrogens (tertiary/aromatic N) is 5. The van der Waals surface area contributed by atoms with Crippen LogP contribution in [0.15, 0.2) is 48.7 Å². The first kappa shape index (κ1) is 19.9. The van der Waals surface area contributed by atoms with E-state index in [0.29, 0.717) is 0 Å². The van der Waals surface area contributed by atoms with Gasteiger partial charge < -0.3 is 14.8 Å². The number of benzene rings is 2. The fourth-order valence-electron chi connectivity index (χ4n) is 4.69. The van der Waals surface area contributed by atoms with Gasteiger partial charge >= 0.3 is 0 Å². The predicted molar refractivity (Wildman–Crippen MR) is 134 cm³/mol. The number of aromatic nitrogens is 5. The van der Waals surface area contributed by atoms with Crippen LogP contribution < -0.4 is 4.90 Å². The second kappa shape index (κ2) is 7.71. The van der Waals surface area contributed by atoms with Gasteiger partial charge in [-0.25, -0.2) is 4.98 Å². The van der Waals surface area contributed by atoms with Crippen molar-refractivity contribution >= 4 is 27.6 Å². The van der Waals surface area contributed by atoms with Gasteiger partial charge in [0.1, 0.15) is 11.2 Å². The second-order valence-corrected chi connectivity index (χ2v) is 9.05. The zero-order chi connectivity index (χ0) is 22.5. The van der Waals surface area contributed by atoms with Crippen LogP contribution in [-0.4, -0.2) is 63.3 Å². The highest BCUT2D eigenvalue weighted by molar-refractivity contribution is 5.97. The van der Waals surface area contributed by atoms with Crippen molar-refractivity contribution in [2.75, 3.05) is 38.1 Å². The first-order valence-electron chi connectivity index (χ1n) is 11.4. The number of H-pyrrole nitrogens is 2. The van der Waals surface area contributed by atoms with Crippen LogP contribution in [0.1, 0.15) is 11.1 Å². The van der Waals surface area contributed by atoms with E-state index in [9.17, 15) is 0 Å². The molecule has 6 rings (SSSR count). The van der Waals surface area contributed by atoms with E-state index in [0.717, 1.165) is 70.9 Å². The number of likely N-dealkylation sites (N-methyl/N-ethyl adjacent to an activating group) is 1. The molecule has 5 aromatic rings. The number of hydrogen-bond acceptors (Lipinski definition) is 5. The van der Waals surface area contributed by atoms with E-state index in [2.05, 4.69) is 88.3 Å². The molecule has 7 nitrogen and oxygen atoms in total. The highest BCUT2D eigenvalue weighted by atomic mass is 15.3. The molecule has 0 unspecified atom stereocenters.